The molecule has 50 heavy (non-hydrogen) atoms. The lowest BCUT2D eigenvalue weighted by Crippen LogP contribution is -2.35. The lowest BCUT2D eigenvalue weighted by Gasteiger charge is -2.36. The molecule has 0 radical (unpaired) electrons. The van der Waals surface area contributed by atoms with Gasteiger partial charge in [0.15, 0.2) is 0 Å². The van der Waals surface area contributed by atoms with E-state index in [-0.39, 0.29) is 0 Å². The Morgan fingerprint density at radius 1 is 0.700 bits per heavy atom. The van der Waals surface area contributed by atoms with Crippen molar-refractivity contribution >= 4 is 33.9 Å². The molecule has 0 fully saturated rings. The second-order valence-electron chi connectivity index (χ2n) is 15.5. The van der Waals surface area contributed by atoms with Crippen LogP contribution in [-0.2, 0) is 6.42 Å². The van der Waals surface area contributed by atoms with Gasteiger partial charge in [-0.15, -0.1) is 0 Å². The Labute approximate surface area is 298 Å². The molecule has 1 aromatic heterocycles. The van der Waals surface area contributed by atoms with Gasteiger partial charge in [-0.05, 0) is 154 Å². The van der Waals surface area contributed by atoms with Gasteiger partial charge in [-0.3, -0.25) is 0 Å². The lowest BCUT2D eigenvalue weighted by molar-refractivity contribution is 0.506. The van der Waals surface area contributed by atoms with Crippen molar-refractivity contribution in [3.05, 3.63) is 154 Å². The minimum absolute atomic E-state index is 0.442. The van der Waals surface area contributed by atoms with Gasteiger partial charge in [0.05, 0.1) is 5.52 Å². The normalized spacial score (nSPS) is 25.6. The molecule has 1 aliphatic heterocycles. The van der Waals surface area contributed by atoms with Gasteiger partial charge < -0.3 is 9.47 Å². The van der Waals surface area contributed by atoms with E-state index in [1.807, 2.05) is 0 Å². The van der Waals surface area contributed by atoms with E-state index in [0.717, 1.165) is 44.4 Å². The zero-order valence-electron chi connectivity index (χ0n) is 29.3. The molecular weight excluding hydrogens is 605 g/mol. The molecule has 10 rings (SSSR count). The van der Waals surface area contributed by atoms with Gasteiger partial charge in [0.1, 0.15) is 0 Å². The third-order valence-electron chi connectivity index (χ3n) is 12.7. The fourth-order valence-electron chi connectivity index (χ4n) is 10.3. The van der Waals surface area contributed by atoms with E-state index in [1.54, 1.807) is 22.3 Å². The number of allylic oxidation sites excluding steroid dienone is 16. The maximum Gasteiger partial charge on any atom is 0.0537 e. The number of para-hydroxylation sites is 1. The maximum atomic E-state index is 2.75. The zero-order chi connectivity index (χ0) is 33.0. The first-order valence-corrected chi connectivity index (χ1v) is 19.5. The van der Waals surface area contributed by atoms with Crippen LogP contribution in [0.3, 0.4) is 0 Å². The summed E-state index contributed by atoms with van der Waals surface area (Å²) < 4.78 is 2.55. The highest BCUT2D eigenvalue weighted by Gasteiger charge is 2.41. The molecular formula is C48H48N2. The minimum atomic E-state index is 0.442. The average Bonchev–Trinajstić information content (AvgIpc) is 3.71. The van der Waals surface area contributed by atoms with Crippen molar-refractivity contribution in [2.45, 2.75) is 95.4 Å². The predicted molar refractivity (Wildman–Crippen MR) is 212 cm³/mol. The molecule has 250 valence electrons. The molecule has 7 aliphatic rings. The van der Waals surface area contributed by atoms with Crippen LogP contribution >= 0.6 is 0 Å². The van der Waals surface area contributed by atoms with Gasteiger partial charge in [0, 0.05) is 45.7 Å². The van der Waals surface area contributed by atoms with Crippen molar-refractivity contribution in [2.24, 2.45) is 5.92 Å². The highest BCUT2D eigenvalue weighted by Crippen LogP contribution is 2.52. The summed E-state index contributed by atoms with van der Waals surface area (Å²) >= 11 is 0. The predicted octanol–water partition coefficient (Wildman–Crippen LogP) is 12.5. The Morgan fingerprint density at radius 2 is 1.60 bits per heavy atom. The van der Waals surface area contributed by atoms with Crippen molar-refractivity contribution in [2.75, 3.05) is 4.90 Å². The van der Waals surface area contributed by atoms with Crippen LogP contribution in [0.1, 0.15) is 105 Å². The smallest absolute Gasteiger partial charge is 0.0537 e. The Kier molecular flexibility index (Phi) is 7.66. The van der Waals surface area contributed by atoms with Gasteiger partial charge in [-0.2, -0.15) is 0 Å². The molecule has 2 nitrogen and oxygen atoms in total. The van der Waals surface area contributed by atoms with Crippen LogP contribution in [0, 0.1) is 5.92 Å². The SMILES string of the molecule is C1=CCCC(C2CC=C(C3=CC4c5cc(C6=Cc7c(n(C8=CCCC=C8)c8ccccc78)CC6)ccc5N(C5=CC=CCC5)C4CC3)CC2)=C1. The summed E-state index contributed by atoms with van der Waals surface area (Å²) in [6.07, 6.45) is 44.3. The molecule has 2 heteroatoms. The van der Waals surface area contributed by atoms with Crippen molar-refractivity contribution in [1.82, 2.24) is 4.57 Å². The Balaban J connectivity index is 1.02. The van der Waals surface area contributed by atoms with Crippen LogP contribution in [0.2, 0.25) is 0 Å². The second-order valence-corrected chi connectivity index (χ2v) is 15.5. The summed E-state index contributed by atoms with van der Waals surface area (Å²) in [7, 11) is 0. The molecule has 2 heterocycles. The molecule has 3 aromatic rings. The van der Waals surface area contributed by atoms with Gasteiger partial charge in [-0.25, -0.2) is 0 Å². The van der Waals surface area contributed by atoms with Crippen LogP contribution < -0.4 is 4.90 Å². The number of aromatic nitrogens is 1. The number of nitrogens with zero attached hydrogens (tertiary/aromatic N) is 2. The molecule has 6 aliphatic carbocycles. The quantitative estimate of drug-likeness (QED) is 0.266. The van der Waals surface area contributed by atoms with Crippen molar-refractivity contribution < 1.29 is 0 Å². The van der Waals surface area contributed by atoms with Crippen LogP contribution in [0.15, 0.2) is 132 Å². The molecule has 0 saturated heterocycles. The molecule has 0 bridgehead atoms. The number of anilines is 1. The van der Waals surface area contributed by atoms with E-state index in [4.69, 9.17) is 0 Å². The first-order chi connectivity index (χ1) is 24.8. The van der Waals surface area contributed by atoms with E-state index >= 15 is 0 Å². The standard InChI is InChI=1S/C48H48N2/c1-4-12-33(13-5-1)34-20-22-35(23-21-34)36-24-27-47-43(30-36)44-32-38(26-29-48(44)50(47)40-16-8-3-9-17-40)37-25-28-46-42(31-37)41-18-10-11-19-45(41)49(46)39-14-6-2-7-15-39/h1,3-4,6,8,10-12,14-16,18-19,22,26,29-32,34,43,47H,2,5,7,9,13,17,20-21,23-25,27-28H2. The maximum absolute atomic E-state index is 2.75. The summed E-state index contributed by atoms with van der Waals surface area (Å²) in [4.78, 5) is 2.75. The highest BCUT2D eigenvalue weighted by atomic mass is 15.2. The first kappa shape index (κ1) is 30.3. The third-order valence-corrected chi connectivity index (χ3v) is 12.7. The zero-order valence-corrected chi connectivity index (χ0v) is 29.3. The van der Waals surface area contributed by atoms with E-state index in [2.05, 4.69) is 125 Å². The molecule has 0 N–H and O–H groups in total. The van der Waals surface area contributed by atoms with Crippen LogP contribution in [0.5, 0.6) is 0 Å². The van der Waals surface area contributed by atoms with Crippen LogP contribution in [0.25, 0.3) is 28.2 Å². The summed E-state index contributed by atoms with van der Waals surface area (Å²) in [6.45, 7) is 0. The Morgan fingerprint density at radius 3 is 2.42 bits per heavy atom. The Bertz CT molecular complexity index is 2160. The van der Waals surface area contributed by atoms with E-state index in [1.165, 1.54) is 95.3 Å². The second kappa shape index (κ2) is 12.6. The Hall–Kier alpha value is -4.56. The summed E-state index contributed by atoms with van der Waals surface area (Å²) in [5.41, 5.74) is 17.9. The topological polar surface area (TPSA) is 8.17 Å². The average molecular weight is 653 g/mol. The lowest BCUT2D eigenvalue weighted by atomic mass is 9.76. The molecule has 0 saturated carbocycles. The summed E-state index contributed by atoms with van der Waals surface area (Å²) in [5, 5.41) is 1.38. The van der Waals surface area contributed by atoms with Gasteiger partial charge in [0.25, 0.3) is 0 Å². The van der Waals surface area contributed by atoms with Gasteiger partial charge in [-0.1, -0.05) is 84.5 Å². The fourth-order valence-corrected chi connectivity index (χ4v) is 10.3. The molecule has 3 atom stereocenters. The van der Waals surface area contributed by atoms with Crippen molar-refractivity contribution in [3.8, 4) is 0 Å². The molecule has 0 spiro atoms. The summed E-state index contributed by atoms with van der Waals surface area (Å²) in [6, 6.07) is 17.1. The fraction of sp³-hybridized carbons (Fsp3) is 0.333. The van der Waals surface area contributed by atoms with E-state index < -0.39 is 0 Å². The number of fused-ring (bicyclic) bond motifs is 6. The van der Waals surface area contributed by atoms with Gasteiger partial charge in [0.2, 0.25) is 0 Å². The van der Waals surface area contributed by atoms with Crippen molar-refractivity contribution in [1.29, 1.82) is 0 Å². The number of hydrogen-bond acceptors (Lipinski definition) is 1. The van der Waals surface area contributed by atoms with Crippen LogP contribution in [0.4, 0.5) is 5.69 Å². The number of rotatable bonds is 5. The molecule has 0 amide bonds. The largest absolute Gasteiger partial charge is 0.341 e. The van der Waals surface area contributed by atoms with Crippen molar-refractivity contribution in [3.63, 3.8) is 0 Å². The monoisotopic (exact) mass is 652 g/mol. The molecule has 2 aromatic carbocycles. The minimum Gasteiger partial charge on any atom is -0.341 e. The third kappa shape index (κ3) is 5.13. The highest BCUT2D eigenvalue weighted by molar-refractivity contribution is 6.00. The van der Waals surface area contributed by atoms with Gasteiger partial charge >= 0.3 is 0 Å². The summed E-state index contributed by atoms with van der Waals surface area (Å²) in [5.74, 6) is 1.18. The van der Waals surface area contributed by atoms with E-state index in [0.29, 0.717) is 12.0 Å². The molecule has 3 unspecified atom stereocenters. The van der Waals surface area contributed by atoms with E-state index in [9.17, 15) is 0 Å². The van der Waals surface area contributed by atoms with Crippen LogP contribution in [-0.4, -0.2) is 10.6 Å². The number of hydrogen-bond donors (Lipinski definition) is 0. The first-order valence-electron chi connectivity index (χ1n) is 19.5. The number of benzene rings is 2.